The van der Waals surface area contributed by atoms with E-state index in [4.69, 9.17) is 22.4 Å². The number of benzene rings is 1. The van der Waals surface area contributed by atoms with Crippen molar-refractivity contribution >= 4 is 11.6 Å². The third-order valence-electron chi connectivity index (χ3n) is 2.78. The molecule has 0 fully saturated rings. The molecule has 1 aromatic carbocycles. The number of alkyl halides is 3. The molecule has 1 unspecified atom stereocenters. The average Bonchev–Trinajstić information content (AvgIpc) is 2.86. The predicted molar refractivity (Wildman–Crippen MR) is 67.6 cm³/mol. The topological polar surface area (TPSA) is 64.1 Å². The second kappa shape index (κ2) is 5.43. The van der Waals surface area contributed by atoms with E-state index in [1.807, 2.05) is 0 Å². The predicted octanol–water partition coefficient (Wildman–Crippen LogP) is 2.54. The van der Waals surface area contributed by atoms with E-state index in [-0.39, 0.29) is 17.3 Å². The van der Waals surface area contributed by atoms with Gasteiger partial charge in [-0.1, -0.05) is 11.6 Å². The molecule has 0 aliphatic heterocycles. The number of nitrogens with zero attached hydrogens (tertiary/aromatic N) is 2. The number of nitrogens with two attached hydrogens (primary N) is 1. The summed E-state index contributed by atoms with van der Waals surface area (Å²) in [6, 6.07) is 2.21. The zero-order valence-corrected chi connectivity index (χ0v) is 10.9. The van der Waals surface area contributed by atoms with Gasteiger partial charge in [0.05, 0.1) is 47.1 Å². The van der Waals surface area contributed by atoms with Gasteiger partial charge in [0.2, 0.25) is 0 Å². The van der Waals surface area contributed by atoms with E-state index in [1.54, 1.807) is 0 Å². The van der Waals surface area contributed by atoms with Crippen LogP contribution in [0.2, 0.25) is 5.02 Å². The maximum atomic E-state index is 12.7. The lowest BCUT2D eigenvalue weighted by Crippen LogP contribution is -2.18. The molecule has 0 amide bonds. The van der Waals surface area contributed by atoms with Crippen molar-refractivity contribution in [2.45, 2.75) is 12.2 Å². The van der Waals surface area contributed by atoms with E-state index >= 15 is 0 Å². The van der Waals surface area contributed by atoms with Gasteiger partial charge in [0, 0.05) is 0 Å². The molecule has 1 aromatic heterocycles. The van der Waals surface area contributed by atoms with Crippen LogP contribution in [0.4, 0.5) is 13.2 Å². The van der Waals surface area contributed by atoms with Crippen molar-refractivity contribution in [3.8, 4) is 5.69 Å². The Morgan fingerprint density at radius 2 is 2.10 bits per heavy atom. The minimum Gasteiger partial charge on any atom is -0.394 e. The van der Waals surface area contributed by atoms with Gasteiger partial charge in [0.15, 0.2) is 0 Å². The molecule has 0 saturated heterocycles. The minimum absolute atomic E-state index is 0.109. The van der Waals surface area contributed by atoms with Crippen LogP contribution in [0.25, 0.3) is 5.69 Å². The molecule has 20 heavy (non-hydrogen) atoms. The van der Waals surface area contributed by atoms with Crippen LogP contribution in [0.5, 0.6) is 0 Å². The Hall–Kier alpha value is -1.57. The van der Waals surface area contributed by atoms with Crippen molar-refractivity contribution < 1.29 is 18.3 Å². The fraction of sp³-hybridized carbons (Fsp3) is 0.250. The van der Waals surface area contributed by atoms with E-state index in [0.29, 0.717) is 5.69 Å². The van der Waals surface area contributed by atoms with Crippen molar-refractivity contribution in [2.75, 3.05) is 6.61 Å². The van der Waals surface area contributed by atoms with Crippen LogP contribution in [0.15, 0.2) is 30.7 Å². The quantitative estimate of drug-likeness (QED) is 0.916. The Morgan fingerprint density at radius 3 is 2.70 bits per heavy atom. The Morgan fingerprint density at radius 1 is 1.40 bits per heavy atom. The molecule has 0 spiro atoms. The molecule has 1 heterocycles. The Labute approximate surface area is 117 Å². The van der Waals surface area contributed by atoms with Gasteiger partial charge < -0.3 is 15.4 Å². The van der Waals surface area contributed by atoms with Crippen molar-refractivity contribution in [3.63, 3.8) is 0 Å². The van der Waals surface area contributed by atoms with Crippen molar-refractivity contribution in [3.05, 3.63) is 47.0 Å². The monoisotopic (exact) mass is 305 g/mol. The Bertz CT molecular complexity index is 612. The van der Waals surface area contributed by atoms with Crippen LogP contribution in [0.3, 0.4) is 0 Å². The van der Waals surface area contributed by atoms with E-state index < -0.39 is 17.8 Å². The maximum Gasteiger partial charge on any atom is 0.416 e. The summed E-state index contributed by atoms with van der Waals surface area (Å²) < 4.78 is 39.5. The molecule has 0 radical (unpaired) electrons. The van der Waals surface area contributed by atoms with Crippen LogP contribution >= 0.6 is 11.6 Å². The van der Waals surface area contributed by atoms with Crippen LogP contribution < -0.4 is 5.73 Å². The highest BCUT2D eigenvalue weighted by molar-refractivity contribution is 6.32. The van der Waals surface area contributed by atoms with E-state index in [0.717, 1.165) is 18.2 Å². The zero-order chi connectivity index (χ0) is 14.9. The highest BCUT2D eigenvalue weighted by atomic mass is 35.5. The summed E-state index contributed by atoms with van der Waals surface area (Å²) in [6.45, 7) is -0.359. The van der Waals surface area contributed by atoms with Gasteiger partial charge in [-0.05, 0) is 18.2 Å². The summed E-state index contributed by atoms with van der Waals surface area (Å²) in [5.74, 6) is 0. The molecule has 108 valence electrons. The van der Waals surface area contributed by atoms with Crippen LogP contribution in [0, 0.1) is 0 Å². The van der Waals surface area contributed by atoms with E-state index in [9.17, 15) is 13.2 Å². The normalized spacial score (nSPS) is 13.5. The molecule has 3 N–H and O–H groups in total. The lowest BCUT2D eigenvalue weighted by atomic mass is 10.1. The summed E-state index contributed by atoms with van der Waals surface area (Å²) in [7, 11) is 0. The number of hydrogen-bond donors (Lipinski definition) is 2. The highest BCUT2D eigenvalue weighted by Crippen LogP contribution is 2.33. The third kappa shape index (κ3) is 2.79. The number of halogens is 4. The zero-order valence-electron chi connectivity index (χ0n) is 10.1. The van der Waals surface area contributed by atoms with Gasteiger partial charge in [-0.2, -0.15) is 13.2 Å². The number of hydrogen-bond acceptors (Lipinski definition) is 3. The lowest BCUT2D eigenvalue weighted by molar-refractivity contribution is -0.137. The average molecular weight is 306 g/mol. The molecule has 0 saturated carbocycles. The first-order valence-corrected chi connectivity index (χ1v) is 5.98. The standard InChI is InChI=1S/C12H11ClF3N3O/c13-8-2-1-7(12(14,15)16)3-10(8)19-6-18-4-11(19)9(17)5-20/h1-4,6,9,20H,5,17H2. The molecule has 0 bridgehead atoms. The molecule has 0 aliphatic rings. The van der Waals surface area contributed by atoms with Gasteiger partial charge >= 0.3 is 6.18 Å². The first-order valence-electron chi connectivity index (χ1n) is 5.60. The summed E-state index contributed by atoms with van der Waals surface area (Å²) >= 11 is 5.94. The Kier molecular flexibility index (Phi) is 4.03. The van der Waals surface area contributed by atoms with Crippen LogP contribution in [-0.4, -0.2) is 21.3 Å². The summed E-state index contributed by atoms with van der Waals surface area (Å²) in [6.07, 6.45) is -1.80. The molecule has 1 atom stereocenters. The van der Waals surface area contributed by atoms with Gasteiger partial charge in [-0.15, -0.1) is 0 Å². The summed E-state index contributed by atoms with van der Waals surface area (Å²) in [5, 5.41) is 9.18. The van der Waals surface area contributed by atoms with Gasteiger partial charge in [0.1, 0.15) is 0 Å². The van der Waals surface area contributed by atoms with Crippen molar-refractivity contribution in [1.29, 1.82) is 0 Å². The third-order valence-corrected chi connectivity index (χ3v) is 3.10. The van der Waals surface area contributed by atoms with Crippen molar-refractivity contribution in [1.82, 2.24) is 9.55 Å². The lowest BCUT2D eigenvalue weighted by Gasteiger charge is -2.15. The second-order valence-electron chi connectivity index (χ2n) is 4.14. The largest absolute Gasteiger partial charge is 0.416 e. The number of rotatable bonds is 3. The van der Waals surface area contributed by atoms with Gasteiger partial charge in [0.25, 0.3) is 0 Å². The molecule has 8 heteroatoms. The maximum absolute atomic E-state index is 12.7. The van der Waals surface area contributed by atoms with Crippen LogP contribution in [0.1, 0.15) is 17.3 Å². The van der Waals surface area contributed by atoms with Gasteiger partial charge in [-0.3, -0.25) is 0 Å². The number of aliphatic hydroxyl groups is 1. The van der Waals surface area contributed by atoms with Crippen LogP contribution in [-0.2, 0) is 6.18 Å². The summed E-state index contributed by atoms with van der Waals surface area (Å²) in [4.78, 5) is 3.83. The SMILES string of the molecule is NC(CO)c1cncn1-c1cc(C(F)(F)F)ccc1Cl. The number of imidazole rings is 1. The molecule has 0 aliphatic carbocycles. The number of aliphatic hydroxyl groups excluding tert-OH is 1. The first kappa shape index (κ1) is 14.8. The minimum atomic E-state index is -4.47. The molecular weight excluding hydrogens is 295 g/mol. The second-order valence-corrected chi connectivity index (χ2v) is 4.55. The highest BCUT2D eigenvalue weighted by Gasteiger charge is 2.31. The van der Waals surface area contributed by atoms with E-state index in [2.05, 4.69) is 4.98 Å². The number of aromatic nitrogens is 2. The molecular formula is C12H11ClF3N3O. The fourth-order valence-corrected chi connectivity index (χ4v) is 1.96. The first-order chi connectivity index (χ1) is 9.34. The van der Waals surface area contributed by atoms with Gasteiger partial charge in [-0.25, -0.2) is 4.98 Å². The molecule has 2 rings (SSSR count). The van der Waals surface area contributed by atoms with E-state index in [1.165, 1.54) is 17.1 Å². The molecule has 2 aromatic rings. The fourth-order valence-electron chi connectivity index (χ4n) is 1.75. The summed E-state index contributed by atoms with van der Waals surface area (Å²) in [5.41, 5.74) is 5.33. The molecule has 4 nitrogen and oxygen atoms in total. The Balaban J connectivity index is 2.55. The van der Waals surface area contributed by atoms with Crippen molar-refractivity contribution in [2.24, 2.45) is 5.73 Å². The smallest absolute Gasteiger partial charge is 0.394 e.